The number of carbonyl (C=O) groups excluding carboxylic acids is 1. The molecule has 0 aliphatic carbocycles. The summed E-state index contributed by atoms with van der Waals surface area (Å²) in [7, 11) is 1.87. The van der Waals surface area contributed by atoms with Gasteiger partial charge in [-0.1, -0.05) is 19.1 Å². The predicted molar refractivity (Wildman–Crippen MR) is 53.4 cm³/mol. The zero-order valence-corrected chi connectivity index (χ0v) is 8.47. The SMILES string of the molecule is C=C1CCN(C(=O)C(C)CNC)C1. The lowest BCUT2D eigenvalue weighted by Crippen LogP contribution is -2.36. The van der Waals surface area contributed by atoms with Crippen LogP contribution in [0.2, 0.25) is 0 Å². The van der Waals surface area contributed by atoms with Crippen molar-refractivity contribution >= 4 is 5.91 Å². The molecule has 0 spiro atoms. The Morgan fingerprint density at radius 2 is 2.46 bits per heavy atom. The highest BCUT2D eigenvalue weighted by Gasteiger charge is 2.23. The van der Waals surface area contributed by atoms with Crippen LogP contribution in [0.3, 0.4) is 0 Å². The maximum absolute atomic E-state index is 11.7. The largest absolute Gasteiger partial charge is 0.338 e. The summed E-state index contributed by atoms with van der Waals surface area (Å²) in [5, 5.41) is 3.01. The summed E-state index contributed by atoms with van der Waals surface area (Å²) in [4.78, 5) is 13.6. The molecular weight excluding hydrogens is 164 g/mol. The molecule has 3 heteroatoms. The van der Waals surface area contributed by atoms with Gasteiger partial charge in [-0.3, -0.25) is 4.79 Å². The van der Waals surface area contributed by atoms with Gasteiger partial charge in [-0.05, 0) is 13.5 Å². The summed E-state index contributed by atoms with van der Waals surface area (Å²) in [6.45, 7) is 8.20. The van der Waals surface area contributed by atoms with Gasteiger partial charge in [0.25, 0.3) is 0 Å². The number of rotatable bonds is 3. The molecule has 3 nitrogen and oxygen atoms in total. The molecule has 0 saturated carbocycles. The third kappa shape index (κ3) is 2.56. The zero-order valence-electron chi connectivity index (χ0n) is 8.47. The lowest BCUT2D eigenvalue weighted by atomic mass is 10.1. The highest BCUT2D eigenvalue weighted by molar-refractivity contribution is 5.79. The van der Waals surface area contributed by atoms with E-state index in [4.69, 9.17) is 0 Å². The molecule has 1 saturated heterocycles. The first-order valence-electron chi connectivity index (χ1n) is 4.75. The molecule has 0 aromatic carbocycles. The third-order valence-corrected chi connectivity index (χ3v) is 2.39. The number of hydrogen-bond acceptors (Lipinski definition) is 2. The molecule has 0 bridgehead atoms. The molecule has 0 aromatic rings. The van der Waals surface area contributed by atoms with Crippen LogP contribution in [0, 0.1) is 5.92 Å². The molecule has 1 heterocycles. The maximum Gasteiger partial charge on any atom is 0.226 e. The molecule has 0 radical (unpaired) electrons. The molecule has 1 unspecified atom stereocenters. The molecular formula is C10H18N2O. The molecule has 0 aromatic heterocycles. The van der Waals surface area contributed by atoms with Gasteiger partial charge in [0.05, 0.1) is 0 Å². The molecule has 1 fully saturated rings. The van der Waals surface area contributed by atoms with Gasteiger partial charge >= 0.3 is 0 Å². The number of nitrogens with one attached hydrogen (secondary N) is 1. The van der Waals surface area contributed by atoms with E-state index in [-0.39, 0.29) is 11.8 Å². The van der Waals surface area contributed by atoms with Gasteiger partial charge < -0.3 is 10.2 Å². The maximum atomic E-state index is 11.7. The van der Waals surface area contributed by atoms with Crippen molar-refractivity contribution in [2.24, 2.45) is 5.92 Å². The quantitative estimate of drug-likeness (QED) is 0.649. The van der Waals surface area contributed by atoms with Crippen LogP contribution >= 0.6 is 0 Å². The second-order valence-corrected chi connectivity index (χ2v) is 3.72. The van der Waals surface area contributed by atoms with Crippen molar-refractivity contribution in [2.75, 3.05) is 26.7 Å². The fourth-order valence-electron chi connectivity index (χ4n) is 1.61. The molecule has 13 heavy (non-hydrogen) atoms. The minimum Gasteiger partial charge on any atom is -0.338 e. The number of likely N-dealkylation sites (tertiary alicyclic amines) is 1. The van der Waals surface area contributed by atoms with Gasteiger partial charge in [-0.25, -0.2) is 0 Å². The standard InChI is InChI=1S/C10H18N2O/c1-8-4-5-12(7-8)10(13)9(2)6-11-3/h9,11H,1,4-7H2,2-3H3. The number of carbonyl (C=O) groups is 1. The summed E-state index contributed by atoms with van der Waals surface area (Å²) in [6, 6.07) is 0. The van der Waals surface area contributed by atoms with Crippen molar-refractivity contribution in [3.8, 4) is 0 Å². The van der Waals surface area contributed by atoms with E-state index >= 15 is 0 Å². The number of amides is 1. The lowest BCUT2D eigenvalue weighted by molar-refractivity contribution is -0.133. The van der Waals surface area contributed by atoms with Crippen LogP contribution in [0.15, 0.2) is 12.2 Å². The van der Waals surface area contributed by atoms with E-state index in [1.807, 2.05) is 18.9 Å². The Labute approximate surface area is 79.8 Å². The Bertz CT molecular complexity index is 213. The topological polar surface area (TPSA) is 32.3 Å². The van der Waals surface area contributed by atoms with E-state index in [0.717, 1.165) is 26.1 Å². The molecule has 1 rings (SSSR count). The Morgan fingerprint density at radius 3 is 2.92 bits per heavy atom. The monoisotopic (exact) mass is 182 g/mol. The Hall–Kier alpha value is -0.830. The van der Waals surface area contributed by atoms with Crippen LogP contribution in [0.4, 0.5) is 0 Å². The normalized spacial score (nSPS) is 19.2. The van der Waals surface area contributed by atoms with Crippen LogP contribution in [-0.4, -0.2) is 37.5 Å². The first-order chi connectivity index (χ1) is 6.15. The minimum atomic E-state index is 0.0795. The van der Waals surface area contributed by atoms with Gasteiger partial charge in [0.1, 0.15) is 0 Å². The van der Waals surface area contributed by atoms with Crippen molar-refractivity contribution in [2.45, 2.75) is 13.3 Å². The Morgan fingerprint density at radius 1 is 1.77 bits per heavy atom. The first kappa shape index (κ1) is 10.3. The molecule has 1 aliphatic rings. The van der Waals surface area contributed by atoms with Gasteiger partial charge in [0.2, 0.25) is 5.91 Å². The number of hydrogen-bond donors (Lipinski definition) is 1. The van der Waals surface area contributed by atoms with Gasteiger partial charge in [0.15, 0.2) is 0 Å². The van der Waals surface area contributed by atoms with E-state index in [2.05, 4.69) is 11.9 Å². The fraction of sp³-hybridized carbons (Fsp3) is 0.700. The van der Waals surface area contributed by atoms with Crippen molar-refractivity contribution in [1.29, 1.82) is 0 Å². The predicted octanol–water partition coefficient (Wildman–Crippen LogP) is 0.630. The molecule has 1 amide bonds. The van der Waals surface area contributed by atoms with Gasteiger partial charge in [0, 0.05) is 25.6 Å². The summed E-state index contributed by atoms with van der Waals surface area (Å²) in [5.74, 6) is 0.323. The number of nitrogens with zero attached hydrogens (tertiary/aromatic N) is 1. The molecule has 1 N–H and O–H groups in total. The van der Waals surface area contributed by atoms with Crippen LogP contribution in [0.5, 0.6) is 0 Å². The minimum absolute atomic E-state index is 0.0795. The summed E-state index contributed by atoms with van der Waals surface area (Å²) in [5.41, 5.74) is 1.17. The van der Waals surface area contributed by atoms with E-state index in [9.17, 15) is 4.79 Å². The van der Waals surface area contributed by atoms with Crippen LogP contribution in [-0.2, 0) is 4.79 Å². The van der Waals surface area contributed by atoms with Gasteiger partial charge in [-0.15, -0.1) is 0 Å². The van der Waals surface area contributed by atoms with Crippen LogP contribution in [0.1, 0.15) is 13.3 Å². The van der Waals surface area contributed by atoms with E-state index < -0.39 is 0 Å². The van der Waals surface area contributed by atoms with E-state index in [0.29, 0.717) is 0 Å². The van der Waals surface area contributed by atoms with Crippen molar-refractivity contribution in [1.82, 2.24) is 10.2 Å². The average Bonchev–Trinajstić information content (AvgIpc) is 2.51. The highest BCUT2D eigenvalue weighted by atomic mass is 16.2. The van der Waals surface area contributed by atoms with Crippen molar-refractivity contribution in [3.05, 3.63) is 12.2 Å². The second kappa shape index (κ2) is 4.42. The first-order valence-corrected chi connectivity index (χ1v) is 4.75. The van der Waals surface area contributed by atoms with Crippen molar-refractivity contribution in [3.63, 3.8) is 0 Å². The zero-order chi connectivity index (χ0) is 9.84. The van der Waals surface area contributed by atoms with Crippen molar-refractivity contribution < 1.29 is 4.79 Å². The summed E-state index contributed by atoms with van der Waals surface area (Å²) >= 11 is 0. The van der Waals surface area contributed by atoms with Crippen LogP contribution < -0.4 is 5.32 Å². The third-order valence-electron chi connectivity index (χ3n) is 2.39. The second-order valence-electron chi connectivity index (χ2n) is 3.72. The average molecular weight is 182 g/mol. The lowest BCUT2D eigenvalue weighted by Gasteiger charge is -2.19. The Kier molecular flexibility index (Phi) is 3.48. The Balaban J connectivity index is 2.43. The molecule has 1 atom stereocenters. The molecule has 1 aliphatic heterocycles. The van der Waals surface area contributed by atoms with E-state index in [1.54, 1.807) is 0 Å². The summed E-state index contributed by atoms with van der Waals surface area (Å²) in [6.07, 6.45) is 0.970. The fourth-order valence-corrected chi connectivity index (χ4v) is 1.61. The smallest absolute Gasteiger partial charge is 0.226 e. The van der Waals surface area contributed by atoms with Crippen LogP contribution in [0.25, 0.3) is 0 Å². The highest BCUT2D eigenvalue weighted by Crippen LogP contribution is 2.15. The van der Waals surface area contributed by atoms with E-state index in [1.165, 1.54) is 5.57 Å². The van der Waals surface area contributed by atoms with Gasteiger partial charge in [-0.2, -0.15) is 0 Å². The summed E-state index contributed by atoms with van der Waals surface area (Å²) < 4.78 is 0. The molecule has 74 valence electrons.